The summed E-state index contributed by atoms with van der Waals surface area (Å²) < 4.78 is 47.3. The van der Waals surface area contributed by atoms with Crippen molar-refractivity contribution in [2.45, 2.75) is 36.0 Å². The van der Waals surface area contributed by atoms with Gasteiger partial charge in [-0.25, -0.2) is 8.42 Å². The standard InChI is InChI=1S/C13H16F2N2O3S/c14-13(15)21(19,20)11-5-3-10(4-6-11)17-12(18)8-1-2-9(16)7-8/h3-6,8-9,13H,1-2,7,16H2,(H,17,18). The van der Waals surface area contributed by atoms with Crippen LogP contribution in [0.3, 0.4) is 0 Å². The minimum Gasteiger partial charge on any atom is -0.328 e. The average molecular weight is 318 g/mol. The van der Waals surface area contributed by atoms with Gasteiger partial charge in [-0.1, -0.05) is 0 Å². The maximum absolute atomic E-state index is 12.4. The number of sulfone groups is 1. The van der Waals surface area contributed by atoms with Gasteiger partial charge in [0.05, 0.1) is 4.90 Å². The predicted octanol–water partition coefficient (Wildman–Crippen LogP) is 1.75. The van der Waals surface area contributed by atoms with Gasteiger partial charge in [0, 0.05) is 17.6 Å². The van der Waals surface area contributed by atoms with Gasteiger partial charge >= 0.3 is 5.76 Å². The molecule has 2 rings (SSSR count). The Bertz CT molecular complexity index is 617. The number of hydrogen-bond donors (Lipinski definition) is 2. The fourth-order valence-corrected chi connectivity index (χ4v) is 3.05. The number of rotatable bonds is 4. The molecule has 1 aliphatic carbocycles. The second-order valence-electron chi connectivity index (χ2n) is 5.09. The molecule has 0 radical (unpaired) electrons. The lowest BCUT2D eigenvalue weighted by Crippen LogP contribution is -2.23. The van der Waals surface area contributed by atoms with E-state index in [0.29, 0.717) is 18.5 Å². The van der Waals surface area contributed by atoms with Gasteiger partial charge in [-0.15, -0.1) is 0 Å². The number of halogens is 2. The van der Waals surface area contributed by atoms with Gasteiger partial charge in [-0.2, -0.15) is 8.78 Å². The highest BCUT2D eigenvalue weighted by atomic mass is 32.2. The summed E-state index contributed by atoms with van der Waals surface area (Å²) in [5.41, 5.74) is 6.10. The summed E-state index contributed by atoms with van der Waals surface area (Å²) in [6, 6.07) is 4.72. The van der Waals surface area contributed by atoms with Crippen molar-refractivity contribution in [3.63, 3.8) is 0 Å². The largest absolute Gasteiger partial charge is 0.341 e. The minimum absolute atomic E-state index is 0.0271. The fourth-order valence-electron chi connectivity index (χ4n) is 2.33. The van der Waals surface area contributed by atoms with E-state index < -0.39 is 20.5 Å². The molecule has 0 spiro atoms. The zero-order valence-corrected chi connectivity index (χ0v) is 11.9. The average Bonchev–Trinajstić information content (AvgIpc) is 2.86. The maximum atomic E-state index is 12.4. The third-order valence-electron chi connectivity index (χ3n) is 3.53. The zero-order valence-electron chi connectivity index (χ0n) is 11.1. The van der Waals surface area contributed by atoms with Crippen LogP contribution in [0.15, 0.2) is 29.2 Å². The van der Waals surface area contributed by atoms with Crippen LogP contribution in [0.4, 0.5) is 14.5 Å². The van der Waals surface area contributed by atoms with Crippen LogP contribution in [0.1, 0.15) is 19.3 Å². The van der Waals surface area contributed by atoms with Gasteiger partial charge in [0.25, 0.3) is 0 Å². The molecule has 0 aliphatic heterocycles. The molecule has 2 unspecified atom stereocenters. The SMILES string of the molecule is NC1CCC(C(=O)Nc2ccc(S(=O)(=O)C(F)F)cc2)C1. The lowest BCUT2D eigenvalue weighted by Gasteiger charge is -2.11. The highest BCUT2D eigenvalue weighted by Crippen LogP contribution is 2.26. The van der Waals surface area contributed by atoms with Crippen molar-refractivity contribution in [3.8, 4) is 0 Å². The van der Waals surface area contributed by atoms with Crippen molar-refractivity contribution in [2.24, 2.45) is 11.7 Å². The van der Waals surface area contributed by atoms with E-state index >= 15 is 0 Å². The summed E-state index contributed by atoms with van der Waals surface area (Å²) in [6.07, 6.45) is 2.12. The number of hydrogen-bond acceptors (Lipinski definition) is 4. The Balaban J connectivity index is 2.05. The number of anilines is 1. The number of nitrogens with two attached hydrogens (primary N) is 1. The Morgan fingerprint density at radius 2 is 1.86 bits per heavy atom. The van der Waals surface area contributed by atoms with Gasteiger partial charge in [0.2, 0.25) is 15.7 Å². The first-order valence-electron chi connectivity index (χ1n) is 6.49. The smallest absolute Gasteiger partial charge is 0.328 e. The van der Waals surface area contributed by atoms with Crippen LogP contribution >= 0.6 is 0 Å². The lowest BCUT2D eigenvalue weighted by atomic mass is 10.1. The maximum Gasteiger partial charge on any atom is 0.341 e. The number of carbonyl (C=O) groups is 1. The van der Waals surface area contributed by atoms with Crippen LogP contribution in [-0.2, 0) is 14.6 Å². The van der Waals surface area contributed by atoms with Crippen LogP contribution in [-0.4, -0.2) is 26.1 Å². The third kappa shape index (κ3) is 3.56. The molecule has 8 heteroatoms. The van der Waals surface area contributed by atoms with E-state index in [9.17, 15) is 22.0 Å². The van der Waals surface area contributed by atoms with Crippen molar-refractivity contribution in [3.05, 3.63) is 24.3 Å². The summed E-state index contributed by atoms with van der Waals surface area (Å²) in [6.45, 7) is 0. The number of alkyl halides is 2. The van der Waals surface area contributed by atoms with Crippen molar-refractivity contribution < 1.29 is 22.0 Å². The Hall–Kier alpha value is -1.54. The van der Waals surface area contributed by atoms with E-state index in [-0.39, 0.29) is 17.9 Å². The molecule has 5 nitrogen and oxygen atoms in total. The van der Waals surface area contributed by atoms with Crippen LogP contribution in [0.25, 0.3) is 0 Å². The molecule has 0 saturated heterocycles. The highest BCUT2D eigenvalue weighted by Gasteiger charge is 2.28. The summed E-state index contributed by atoms with van der Waals surface area (Å²) in [5.74, 6) is -3.81. The first kappa shape index (κ1) is 15.8. The lowest BCUT2D eigenvalue weighted by molar-refractivity contribution is -0.119. The predicted molar refractivity (Wildman–Crippen MR) is 73.6 cm³/mol. The molecular weight excluding hydrogens is 302 g/mol. The van der Waals surface area contributed by atoms with Gasteiger partial charge in [-0.05, 0) is 43.5 Å². The Labute approximate surface area is 121 Å². The van der Waals surface area contributed by atoms with E-state index in [4.69, 9.17) is 5.73 Å². The Morgan fingerprint density at radius 3 is 2.33 bits per heavy atom. The van der Waals surface area contributed by atoms with Crippen molar-refractivity contribution in [2.75, 3.05) is 5.32 Å². The zero-order chi connectivity index (χ0) is 15.6. The number of amides is 1. The molecular formula is C13H16F2N2O3S. The van der Waals surface area contributed by atoms with Crippen LogP contribution in [0.5, 0.6) is 0 Å². The molecule has 1 saturated carbocycles. The van der Waals surface area contributed by atoms with Gasteiger partial charge in [0.15, 0.2) is 0 Å². The monoisotopic (exact) mass is 318 g/mol. The summed E-state index contributed by atoms with van der Waals surface area (Å²) in [5, 5.41) is 2.64. The molecule has 2 atom stereocenters. The summed E-state index contributed by atoms with van der Waals surface area (Å²) in [4.78, 5) is 11.5. The second-order valence-corrected chi connectivity index (χ2v) is 7.01. The van der Waals surface area contributed by atoms with Crippen LogP contribution in [0, 0.1) is 5.92 Å². The van der Waals surface area contributed by atoms with E-state index in [1.807, 2.05) is 0 Å². The molecule has 3 N–H and O–H groups in total. The molecule has 1 fully saturated rings. The first-order chi connectivity index (χ1) is 9.80. The Kier molecular flexibility index (Phi) is 4.58. The second kappa shape index (κ2) is 6.07. The molecule has 1 amide bonds. The van der Waals surface area contributed by atoms with Gasteiger partial charge < -0.3 is 11.1 Å². The van der Waals surface area contributed by atoms with E-state index in [1.165, 1.54) is 12.1 Å². The molecule has 0 aromatic heterocycles. The summed E-state index contributed by atoms with van der Waals surface area (Å²) in [7, 11) is -4.61. The van der Waals surface area contributed by atoms with E-state index in [2.05, 4.69) is 5.32 Å². The van der Waals surface area contributed by atoms with Gasteiger partial charge in [-0.3, -0.25) is 4.79 Å². The van der Waals surface area contributed by atoms with Crippen LogP contribution in [0.2, 0.25) is 0 Å². The van der Waals surface area contributed by atoms with Crippen molar-refractivity contribution in [1.82, 2.24) is 0 Å². The Morgan fingerprint density at radius 1 is 1.24 bits per heavy atom. The van der Waals surface area contributed by atoms with Gasteiger partial charge in [0.1, 0.15) is 0 Å². The van der Waals surface area contributed by atoms with Crippen molar-refractivity contribution in [1.29, 1.82) is 0 Å². The topological polar surface area (TPSA) is 89.3 Å². The molecule has 21 heavy (non-hydrogen) atoms. The molecule has 0 bridgehead atoms. The minimum atomic E-state index is -4.61. The molecule has 1 aromatic carbocycles. The first-order valence-corrected chi connectivity index (χ1v) is 8.04. The quantitative estimate of drug-likeness (QED) is 0.885. The molecule has 116 valence electrons. The number of carbonyl (C=O) groups excluding carboxylic acids is 1. The van der Waals surface area contributed by atoms with E-state index in [0.717, 1.165) is 18.6 Å². The van der Waals surface area contributed by atoms with E-state index in [1.54, 1.807) is 0 Å². The van der Waals surface area contributed by atoms with Crippen molar-refractivity contribution >= 4 is 21.4 Å². The fraction of sp³-hybridized carbons (Fsp3) is 0.462. The molecule has 1 aliphatic rings. The third-order valence-corrected chi connectivity index (χ3v) is 4.93. The number of nitrogens with one attached hydrogen (secondary N) is 1. The number of benzene rings is 1. The molecule has 1 aromatic rings. The van der Waals surface area contributed by atoms with Crippen LogP contribution < -0.4 is 11.1 Å². The summed E-state index contributed by atoms with van der Waals surface area (Å²) >= 11 is 0. The molecule has 0 heterocycles. The normalized spacial score (nSPS) is 22.5. The highest BCUT2D eigenvalue weighted by molar-refractivity contribution is 7.91.